The minimum absolute atomic E-state index is 0.0293. The van der Waals surface area contributed by atoms with Crippen LogP contribution in [0.4, 0.5) is 9.59 Å². The standard InChI is InChI=1S/C49H60N8O7/c1-28(2)40(54-47(60)62-6)46(59)57-27-49(18-19-49)24-39(57)43-50-26-38(52-43)36-15-14-34-22-33(12-13-35(34)23-36)30-8-10-31(11-9-30)37-25-51-44(53-37)42(29(3)4)56(5)45(58)41(55-48(61)63-7)32-16-20-64-21-17-32/h8-15,22-23,25-26,28-29,32,39-42H,16-21,24,27H2,1-7H3,(H,50,52)(H,51,53)(H,54,60)(H,55,61)/t39-,40-,41-,42-/m0/s1. The van der Waals surface area contributed by atoms with Crippen LogP contribution in [-0.2, 0) is 23.8 Å². The van der Waals surface area contributed by atoms with E-state index in [0.717, 1.165) is 69.5 Å². The Morgan fingerprint density at radius 1 is 0.781 bits per heavy atom. The first-order chi connectivity index (χ1) is 30.8. The van der Waals surface area contributed by atoms with Crippen LogP contribution in [0.15, 0.2) is 73.1 Å². The molecule has 0 bridgehead atoms. The molecule has 3 aliphatic rings. The number of benzene rings is 3. The van der Waals surface area contributed by atoms with Crippen LogP contribution in [-0.4, -0.2) is 107 Å². The molecule has 15 nitrogen and oxygen atoms in total. The fraction of sp³-hybridized carbons (Fsp3) is 0.469. The number of nitrogens with one attached hydrogen (secondary N) is 4. The van der Waals surface area contributed by atoms with Crippen LogP contribution in [0.5, 0.6) is 0 Å². The number of likely N-dealkylation sites (N-methyl/N-ethyl adjacent to an activating group) is 1. The molecule has 1 aliphatic carbocycles. The third kappa shape index (κ3) is 9.21. The van der Waals surface area contributed by atoms with Crippen molar-refractivity contribution in [3.63, 3.8) is 0 Å². The molecule has 1 saturated carbocycles. The van der Waals surface area contributed by atoms with Gasteiger partial charge < -0.3 is 44.6 Å². The van der Waals surface area contributed by atoms with Crippen molar-refractivity contribution in [1.82, 2.24) is 40.4 Å². The highest BCUT2D eigenvalue weighted by Gasteiger charge is 2.55. The van der Waals surface area contributed by atoms with E-state index in [0.29, 0.717) is 38.4 Å². The number of rotatable bonds is 13. The lowest BCUT2D eigenvalue weighted by Gasteiger charge is -2.36. The van der Waals surface area contributed by atoms with Crippen LogP contribution in [0.25, 0.3) is 44.4 Å². The summed E-state index contributed by atoms with van der Waals surface area (Å²) in [6, 6.07) is 19.1. The minimum atomic E-state index is -0.738. The summed E-state index contributed by atoms with van der Waals surface area (Å²) in [5, 5.41) is 7.74. The number of amides is 4. The third-order valence-electron chi connectivity index (χ3n) is 13.5. The van der Waals surface area contributed by atoms with E-state index in [4.69, 9.17) is 24.2 Å². The predicted molar refractivity (Wildman–Crippen MR) is 243 cm³/mol. The van der Waals surface area contributed by atoms with Crippen molar-refractivity contribution in [2.24, 2.45) is 23.2 Å². The van der Waals surface area contributed by atoms with Crippen LogP contribution in [0.1, 0.15) is 83.5 Å². The van der Waals surface area contributed by atoms with Gasteiger partial charge in [-0.2, -0.15) is 0 Å². The number of carbonyl (C=O) groups is 4. The fourth-order valence-electron chi connectivity index (χ4n) is 9.59. The molecule has 0 unspecified atom stereocenters. The van der Waals surface area contributed by atoms with E-state index in [1.165, 1.54) is 14.2 Å². The second kappa shape index (κ2) is 18.5. The normalized spacial score (nSPS) is 18.5. The Bertz CT molecular complexity index is 2490. The average Bonchev–Trinajstić information content (AvgIpc) is 3.62. The summed E-state index contributed by atoms with van der Waals surface area (Å²) >= 11 is 0. The SMILES string of the molecule is COC(=O)N[C@H](C(=O)N1CC2(CC2)C[C@H]1c1ncc(-c2ccc3cc(-c4ccc(-c5cnc([C@H](C(C)C)N(C)C(=O)[C@@H](NC(=O)OC)C6CCOCC6)[nH]5)cc4)ccc3c2)[nH]1)C(C)C. The number of aromatic amines is 2. The zero-order valence-electron chi connectivity index (χ0n) is 37.8. The Morgan fingerprint density at radius 3 is 2.02 bits per heavy atom. The number of carbonyl (C=O) groups excluding carboxylic acids is 4. The zero-order chi connectivity index (χ0) is 45.3. The number of fused-ring (bicyclic) bond motifs is 1. The number of ether oxygens (including phenoxy) is 3. The van der Waals surface area contributed by atoms with Gasteiger partial charge in [-0.05, 0) is 94.9 Å². The Labute approximate surface area is 374 Å². The molecule has 4 N–H and O–H groups in total. The molecule has 2 aromatic heterocycles. The van der Waals surface area contributed by atoms with Gasteiger partial charge in [0, 0.05) is 32.4 Å². The summed E-state index contributed by atoms with van der Waals surface area (Å²) in [6.45, 7) is 9.69. The molecule has 1 spiro atoms. The van der Waals surface area contributed by atoms with Gasteiger partial charge in [-0.1, -0.05) is 76.2 Å². The second-order valence-electron chi connectivity index (χ2n) is 18.5. The maximum absolute atomic E-state index is 14.0. The first kappa shape index (κ1) is 44.4. The molecule has 4 atom stereocenters. The Hall–Kier alpha value is -6.22. The number of nitrogens with zero attached hydrogens (tertiary/aromatic N) is 4. The molecule has 5 aromatic rings. The maximum atomic E-state index is 14.0. The number of aromatic nitrogens is 4. The summed E-state index contributed by atoms with van der Waals surface area (Å²) in [5.41, 5.74) is 5.95. The molecule has 4 amide bonds. The molecular weight excluding hydrogens is 813 g/mol. The lowest BCUT2D eigenvalue weighted by molar-refractivity contribution is -0.138. The van der Waals surface area contributed by atoms with Gasteiger partial charge in [-0.3, -0.25) is 9.59 Å². The monoisotopic (exact) mass is 872 g/mol. The van der Waals surface area contributed by atoms with Gasteiger partial charge in [0.1, 0.15) is 23.7 Å². The number of likely N-dealkylation sites (tertiary alicyclic amines) is 1. The minimum Gasteiger partial charge on any atom is -0.453 e. The van der Waals surface area contributed by atoms with E-state index in [1.807, 2.05) is 24.9 Å². The van der Waals surface area contributed by atoms with Crippen LogP contribution in [0.3, 0.4) is 0 Å². The highest BCUT2D eigenvalue weighted by molar-refractivity contribution is 5.91. The molecule has 3 fully saturated rings. The number of hydrogen-bond acceptors (Lipinski definition) is 9. The van der Waals surface area contributed by atoms with Gasteiger partial charge in [-0.15, -0.1) is 0 Å². The van der Waals surface area contributed by atoms with Crippen molar-refractivity contribution < 1.29 is 33.4 Å². The van der Waals surface area contributed by atoms with Crippen molar-refractivity contribution in [2.45, 2.75) is 84.0 Å². The van der Waals surface area contributed by atoms with Crippen LogP contribution in [0.2, 0.25) is 0 Å². The van der Waals surface area contributed by atoms with E-state index in [-0.39, 0.29) is 47.1 Å². The van der Waals surface area contributed by atoms with Gasteiger partial charge in [0.25, 0.3) is 0 Å². The molecule has 338 valence electrons. The number of imidazole rings is 2. The van der Waals surface area contributed by atoms with E-state index in [1.54, 1.807) is 18.1 Å². The zero-order valence-corrected chi connectivity index (χ0v) is 37.8. The first-order valence-electron chi connectivity index (χ1n) is 22.4. The molecule has 3 aromatic carbocycles. The molecule has 15 heteroatoms. The maximum Gasteiger partial charge on any atom is 0.407 e. The number of methoxy groups -OCH3 is 2. The highest BCUT2D eigenvalue weighted by Crippen LogP contribution is 2.58. The van der Waals surface area contributed by atoms with E-state index < -0.39 is 24.3 Å². The van der Waals surface area contributed by atoms with Crippen LogP contribution < -0.4 is 10.6 Å². The van der Waals surface area contributed by atoms with Gasteiger partial charge in [0.15, 0.2) is 0 Å². The van der Waals surface area contributed by atoms with Crippen LogP contribution >= 0.6 is 0 Å². The Kier molecular flexibility index (Phi) is 12.8. The molecule has 0 radical (unpaired) electrons. The van der Waals surface area contributed by atoms with Crippen molar-refractivity contribution in [1.29, 1.82) is 0 Å². The number of H-pyrrole nitrogens is 2. The first-order valence-corrected chi connectivity index (χ1v) is 22.4. The topological polar surface area (TPSA) is 184 Å². The van der Waals surface area contributed by atoms with Crippen molar-refractivity contribution in [3.8, 4) is 33.6 Å². The molecule has 64 heavy (non-hydrogen) atoms. The second-order valence-corrected chi connectivity index (χ2v) is 18.5. The lowest BCUT2D eigenvalue weighted by atomic mass is 9.90. The van der Waals surface area contributed by atoms with Gasteiger partial charge in [-0.25, -0.2) is 19.6 Å². The number of hydrogen-bond donors (Lipinski definition) is 4. The van der Waals surface area contributed by atoms with Gasteiger partial charge >= 0.3 is 12.2 Å². The van der Waals surface area contributed by atoms with Gasteiger partial charge in [0.05, 0.1) is 50.1 Å². The van der Waals surface area contributed by atoms with Gasteiger partial charge in [0.2, 0.25) is 11.8 Å². The molecular formula is C49H60N8O7. The van der Waals surface area contributed by atoms with Crippen molar-refractivity contribution in [2.75, 3.05) is 41.0 Å². The predicted octanol–water partition coefficient (Wildman–Crippen LogP) is 8.03. The Morgan fingerprint density at radius 2 is 1.38 bits per heavy atom. The quantitative estimate of drug-likeness (QED) is 0.0910. The van der Waals surface area contributed by atoms with Crippen molar-refractivity contribution >= 4 is 34.8 Å². The summed E-state index contributed by atoms with van der Waals surface area (Å²) in [5.74, 6) is 0.972. The third-order valence-corrected chi connectivity index (χ3v) is 13.5. The average molecular weight is 873 g/mol. The molecule has 2 aliphatic heterocycles. The van der Waals surface area contributed by atoms with Crippen LogP contribution in [0, 0.1) is 23.2 Å². The summed E-state index contributed by atoms with van der Waals surface area (Å²) < 4.78 is 15.2. The summed E-state index contributed by atoms with van der Waals surface area (Å²) in [6.07, 6.45) is 6.74. The largest absolute Gasteiger partial charge is 0.453 e. The van der Waals surface area contributed by atoms with E-state index in [2.05, 4.69) is 95.1 Å². The molecule has 2 saturated heterocycles. The van der Waals surface area contributed by atoms with E-state index in [9.17, 15) is 19.2 Å². The molecule has 8 rings (SSSR count). The lowest BCUT2D eigenvalue weighted by Crippen LogP contribution is -2.53. The summed E-state index contributed by atoms with van der Waals surface area (Å²) in [7, 11) is 4.37. The molecule has 4 heterocycles. The van der Waals surface area contributed by atoms with Crippen molar-refractivity contribution in [3.05, 3.63) is 84.7 Å². The smallest absolute Gasteiger partial charge is 0.407 e. The Balaban J connectivity index is 0.956. The fourth-order valence-corrected chi connectivity index (χ4v) is 9.59. The highest BCUT2D eigenvalue weighted by atomic mass is 16.5. The number of alkyl carbamates (subject to hydrolysis) is 2. The summed E-state index contributed by atoms with van der Waals surface area (Å²) in [4.78, 5) is 72.6. The van der Waals surface area contributed by atoms with E-state index >= 15 is 0 Å².